The van der Waals surface area contributed by atoms with Crippen molar-refractivity contribution < 1.29 is 19.1 Å². The summed E-state index contributed by atoms with van der Waals surface area (Å²) in [5.74, 6) is -0.516. The van der Waals surface area contributed by atoms with E-state index in [-0.39, 0.29) is 16.6 Å². The summed E-state index contributed by atoms with van der Waals surface area (Å²) in [5.41, 5.74) is 2.87. The molecule has 8 nitrogen and oxygen atoms in total. The number of rotatable bonds is 11. The highest BCUT2D eigenvalue weighted by molar-refractivity contribution is 8.00. The highest BCUT2D eigenvalue weighted by Gasteiger charge is 2.19. The molecular formula is C35H28Cl2N4O4S2. The summed E-state index contributed by atoms with van der Waals surface area (Å²) in [6, 6.07) is 28.2. The number of benzene rings is 4. The van der Waals surface area contributed by atoms with Gasteiger partial charge in [0.05, 0.1) is 28.1 Å². The van der Waals surface area contributed by atoms with Gasteiger partial charge >= 0.3 is 0 Å². The average molecular weight is 704 g/mol. The van der Waals surface area contributed by atoms with Crippen LogP contribution in [0.25, 0.3) is 17.3 Å². The lowest BCUT2D eigenvalue weighted by molar-refractivity contribution is -0.115. The van der Waals surface area contributed by atoms with Crippen molar-refractivity contribution in [1.29, 1.82) is 0 Å². The van der Waals surface area contributed by atoms with Gasteiger partial charge in [-0.1, -0.05) is 65.7 Å². The van der Waals surface area contributed by atoms with Crippen molar-refractivity contribution in [3.05, 3.63) is 129 Å². The van der Waals surface area contributed by atoms with Gasteiger partial charge in [-0.3, -0.25) is 14.4 Å². The number of anilines is 2. The van der Waals surface area contributed by atoms with Crippen LogP contribution in [0.5, 0.6) is 5.75 Å². The molecule has 1 heterocycles. The molecule has 0 spiro atoms. The first-order valence-corrected chi connectivity index (χ1v) is 16.7. The van der Waals surface area contributed by atoms with Crippen molar-refractivity contribution in [1.82, 2.24) is 10.3 Å². The number of para-hydroxylation sites is 1. The predicted octanol–water partition coefficient (Wildman–Crippen LogP) is 8.65. The van der Waals surface area contributed by atoms with Gasteiger partial charge in [0.1, 0.15) is 11.4 Å². The van der Waals surface area contributed by atoms with Gasteiger partial charge in [0.25, 0.3) is 11.8 Å². The molecule has 47 heavy (non-hydrogen) atoms. The van der Waals surface area contributed by atoms with Gasteiger partial charge in [-0.25, -0.2) is 4.98 Å². The number of hydrogen-bond donors (Lipinski definition) is 3. The fourth-order valence-electron chi connectivity index (χ4n) is 4.32. The first-order chi connectivity index (χ1) is 22.7. The first-order valence-electron chi connectivity index (χ1n) is 14.2. The van der Waals surface area contributed by atoms with Crippen molar-refractivity contribution in [2.45, 2.75) is 17.1 Å². The monoisotopic (exact) mass is 702 g/mol. The molecule has 0 fully saturated rings. The number of thiazole rings is 1. The molecule has 0 aliphatic carbocycles. The summed E-state index contributed by atoms with van der Waals surface area (Å²) < 4.78 is 5.42. The minimum Gasteiger partial charge on any atom is -0.496 e. The van der Waals surface area contributed by atoms with Crippen LogP contribution in [0.4, 0.5) is 10.8 Å². The van der Waals surface area contributed by atoms with Gasteiger partial charge in [0, 0.05) is 27.1 Å². The molecule has 3 amide bonds. The molecular weight excluding hydrogens is 675 g/mol. The van der Waals surface area contributed by atoms with Crippen LogP contribution in [0.3, 0.4) is 0 Å². The van der Waals surface area contributed by atoms with Crippen LogP contribution in [0.1, 0.15) is 22.8 Å². The van der Waals surface area contributed by atoms with E-state index < -0.39 is 17.1 Å². The fraction of sp³-hybridized carbons (Fsp3) is 0.0857. The second-order valence-electron chi connectivity index (χ2n) is 9.99. The van der Waals surface area contributed by atoms with Crippen LogP contribution in [-0.4, -0.2) is 35.1 Å². The molecule has 5 rings (SSSR count). The second kappa shape index (κ2) is 15.8. The molecule has 1 unspecified atom stereocenters. The maximum Gasteiger partial charge on any atom is 0.272 e. The van der Waals surface area contributed by atoms with Crippen LogP contribution in [0.2, 0.25) is 10.0 Å². The third-order valence-electron chi connectivity index (χ3n) is 6.72. The fourth-order valence-corrected chi connectivity index (χ4v) is 6.26. The molecule has 238 valence electrons. The number of nitrogens with zero attached hydrogens (tertiary/aromatic N) is 1. The maximum atomic E-state index is 13.4. The summed E-state index contributed by atoms with van der Waals surface area (Å²) in [4.78, 5) is 44.6. The standard InChI is InChI=1S/C35H28Cl2N4O4S2/c1-21(32(42)41-35-40-29(20-46-35)26-12-6-7-14-30(26)45-2)47-25-17-15-24(16-18-25)38-34(44)28(19-23-11-8-13-27(36)31(23)37)39-33(43)22-9-4-3-5-10-22/h3-21H,1-2H3,(H,38,44)(H,39,43)(H,40,41,42)/b28-19-. The highest BCUT2D eigenvalue weighted by Crippen LogP contribution is 2.33. The lowest BCUT2D eigenvalue weighted by Crippen LogP contribution is -2.30. The van der Waals surface area contributed by atoms with Crippen molar-refractivity contribution in [3.63, 3.8) is 0 Å². The Morgan fingerprint density at radius 2 is 1.62 bits per heavy atom. The Morgan fingerprint density at radius 3 is 2.36 bits per heavy atom. The molecule has 1 aromatic heterocycles. The molecule has 0 aliphatic heterocycles. The lowest BCUT2D eigenvalue weighted by atomic mass is 10.1. The molecule has 4 aromatic carbocycles. The second-order valence-corrected chi connectivity index (χ2v) is 13.0. The van der Waals surface area contributed by atoms with E-state index in [1.165, 1.54) is 29.2 Å². The summed E-state index contributed by atoms with van der Waals surface area (Å²) in [6.07, 6.45) is 1.47. The van der Waals surface area contributed by atoms with Crippen LogP contribution in [-0.2, 0) is 9.59 Å². The SMILES string of the molecule is COc1ccccc1-c1csc(NC(=O)C(C)Sc2ccc(NC(=O)/C(=C/c3cccc(Cl)c3Cl)NC(=O)c3ccccc3)cc2)n1. The Kier molecular flexibility index (Phi) is 11.3. The zero-order valence-corrected chi connectivity index (χ0v) is 28.3. The maximum absolute atomic E-state index is 13.4. The summed E-state index contributed by atoms with van der Waals surface area (Å²) in [7, 11) is 1.60. The van der Waals surface area contributed by atoms with Crippen LogP contribution in [0.15, 0.2) is 113 Å². The number of thioether (sulfide) groups is 1. The summed E-state index contributed by atoms with van der Waals surface area (Å²) in [5, 5.41) is 10.9. The Bertz CT molecular complexity index is 1930. The first kappa shape index (κ1) is 33.7. The van der Waals surface area contributed by atoms with Crippen molar-refractivity contribution in [3.8, 4) is 17.0 Å². The Hall–Kier alpha value is -4.61. The number of halogens is 2. The predicted molar refractivity (Wildman–Crippen MR) is 191 cm³/mol. The average Bonchev–Trinajstić information content (AvgIpc) is 3.55. The van der Waals surface area contributed by atoms with Gasteiger partial charge < -0.3 is 20.7 Å². The van der Waals surface area contributed by atoms with E-state index in [0.717, 1.165) is 10.5 Å². The normalized spacial score (nSPS) is 11.8. The number of ether oxygens (including phenoxy) is 1. The molecule has 0 bridgehead atoms. The Balaban J connectivity index is 1.23. The third-order valence-corrected chi connectivity index (χ3v) is 9.42. The molecule has 0 saturated heterocycles. The van der Waals surface area contributed by atoms with Gasteiger partial charge in [-0.15, -0.1) is 23.1 Å². The largest absolute Gasteiger partial charge is 0.496 e. The molecule has 0 aliphatic rings. The summed E-state index contributed by atoms with van der Waals surface area (Å²) >= 11 is 15.2. The van der Waals surface area contributed by atoms with E-state index in [2.05, 4.69) is 20.9 Å². The smallest absolute Gasteiger partial charge is 0.272 e. The third kappa shape index (κ3) is 8.81. The number of carbonyl (C=O) groups excluding carboxylic acids is 3. The van der Waals surface area contributed by atoms with Crippen molar-refractivity contribution in [2.75, 3.05) is 17.7 Å². The van der Waals surface area contributed by atoms with E-state index in [1.54, 1.807) is 86.8 Å². The van der Waals surface area contributed by atoms with Crippen molar-refractivity contribution in [2.24, 2.45) is 0 Å². The minimum atomic E-state index is -0.561. The number of methoxy groups -OCH3 is 1. The number of carbonyl (C=O) groups is 3. The molecule has 12 heteroatoms. The van der Waals surface area contributed by atoms with Crippen LogP contribution >= 0.6 is 46.3 Å². The summed E-state index contributed by atoms with van der Waals surface area (Å²) in [6.45, 7) is 1.80. The minimum absolute atomic E-state index is 0.0252. The molecule has 3 N–H and O–H groups in total. The van der Waals surface area contributed by atoms with E-state index in [0.29, 0.717) is 38.4 Å². The lowest BCUT2D eigenvalue weighted by Gasteiger charge is -2.13. The topological polar surface area (TPSA) is 109 Å². The van der Waals surface area contributed by atoms with Gasteiger partial charge in [-0.05, 0) is 73.2 Å². The number of hydrogen-bond acceptors (Lipinski definition) is 7. The van der Waals surface area contributed by atoms with Crippen molar-refractivity contribution >= 4 is 80.9 Å². The molecule has 5 aromatic rings. The van der Waals surface area contributed by atoms with E-state index >= 15 is 0 Å². The molecule has 0 saturated carbocycles. The molecule has 0 radical (unpaired) electrons. The van der Waals surface area contributed by atoms with Crippen LogP contribution in [0, 0.1) is 0 Å². The van der Waals surface area contributed by atoms with Gasteiger partial charge in [0.2, 0.25) is 5.91 Å². The molecule has 1 atom stereocenters. The number of aromatic nitrogens is 1. The van der Waals surface area contributed by atoms with Crippen LogP contribution < -0.4 is 20.7 Å². The van der Waals surface area contributed by atoms with E-state index in [9.17, 15) is 14.4 Å². The van der Waals surface area contributed by atoms with Gasteiger partial charge in [-0.2, -0.15) is 0 Å². The quantitative estimate of drug-likeness (QED) is 0.0939. The zero-order chi connectivity index (χ0) is 33.3. The number of nitrogens with one attached hydrogen (secondary N) is 3. The number of amides is 3. The Morgan fingerprint density at radius 1 is 0.894 bits per heavy atom. The van der Waals surface area contributed by atoms with E-state index in [1.807, 2.05) is 29.6 Å². The Labute approximate surface area is 290 Å². The zero-order valence-electron chi connectivity index (χ0n) is 25.1. The highest BCUT2D eigenvalue weighted by atomic mass is 35.5. The van der Waals surface area contributed by atoms with Gasteiger partial charge in [0.15, 0.2) is 5.13 Å². The van der Waals surface area contributed by atoms with E-state index in [4.69, 9.17) is 27.9 Å².